The largest absolute Gasteiger partial charge is 0.491 e. The number of ether oxygens (including phenoxy) is 8. The van der Waals surface area contributed by atoms with E-state index in [2.05, 4.69) is 0 Å². The lowest BCUT2D eigenvalue weighted by Gasteiger charge is -2.29. The van der Waals surface area contributed by atoms with Crippen molar-refractivity contribution in [1.29, 1.82) is 0 Å². The number of benzene rings is 3. The summed E-state index contributed by atoms with van der Waals surface area (Å²) in [4.78, 5) is 24.8. The summed E-state index contributed by atoms with van der Waals surface area (Å²) in [6.45, 7) is 7.97. The molecule has 1 unspecified atom stereocenters. The molecule has 13 nitrogen and oxygen atoms in total. The number of aliphatic carboxylic acids is 1. The van der Waals surface area contributed by atoms with Gasteiger partial charge >= 0.3 is 12.1 Å². The van der Waals surface area contributed by atoms with E-state index in [0.29, 0.717) is 63.3 Å². The highest BCUT2D eigenvalue weighted by Crippen LogP contribution is 2.33. The lowest BCUT2D eigenvalue weighted by Crippen LogP contribution is -2.44. The van der Waals surface area contributed by atoms with Crippen LogP contribution in [0.2, 0.25) is 0 Å². The van der Waals surface area contributed by atoms with E-state index in [0.717, 1.165) is 11.1 Å². The van der Waals surface area contributed by atoms with Gasteiger partial charge in [-0.15, -0.1) is 0 Å². The zero-order chi connectivity index (χ0) is 39.9. The fraction of sp³-hybridized carbons (Fsp3) is 0.500. The summed E-state index contributed by atoms with van der Waals surface area (Å²) in [5.74, 6) is -0.484. The van der Waals surface area contributed by atoms with Gasteiger partial charge < -0.3 is 53.0 Å². The van der Waals surface area contributed by atoms with Crippen molar-refractivity contribution in [3.05, 3.63) is 89.5 Å². The molecule has 15 heteroatoms. The third-order valence-electron chi connectivity index (χ3n) is 7.36. The number of hydrogen-bond donors (Lipinski definition) is 2. The summed E-state index contributed by atoms with van der Waals surface area (Å²) >= 11 is 0. The van der Waals surface area contributed by atoms with E-state index in [4.69, 9.17) is 43.0 Å². The molecule has 3 aromatic rings. The maximum Gasteiger partial charge on any atom is 0.410 e. The molecular weight excluding hydrogens is 724 g/mol. The van der Waals surface area contributed by atoms with Crippen molar-refractivity contribution < 1.29 is 66.5 Å². The first-order chi connectivity index (χ1) is 26.4. The van der Waals surface area contributed by atoms with Gasteiger partial charge in [-0.25, -0.2) is 13.6 Å². The minimum atomic E-state index is -1.09. The molecule has 304 valence electrons. The van der Waals surface area contributed by atoms with E-state index in [1.54, 1.807) is 63.2 Å². The molecule has 1 atom stereocenters. The SMILES string of the molecule is CC(C)(C)OC(=O)N(CCOCCOCCOCCOCCCC(=O)O)CC(O)COc1ccc(OCc2ccc(F)cc2)c(OCc2ccc(F)cc2)c1. The molecule has 55 heavy (non-hydrogen) atoms. The third-order valence-corrected chi connectivity index (χ3v) is 7.36. The van der Waals surface area contributed by atoms with Crippen LogP contribution in [0.3, 0.4) is 0 Å². The minimum absolute atomic E-state index is 0.0733. The van der Waals surface area contributed by atoms with E-state index < -0.39 is 23.8 Å². The number of hydrogen-bond acceptors (Lipinski definition) is 11. The number of carbonyl (C=O) groups is 2. The lowest BCUT2D eigenvalue weighted by molar-refractivity contribution is -0.137. The van der Waals surface area contributed by atoms with Crippen LogP contribution in [0.5, 0.6) is 17.2 Å². The van der Waals surface area contributed by atoms with Crippen molar-refractivity contribution in [2.45, 2.75) is 58.5 Å². The average Bonchev–Trinajstić information content (AvgIpc) is 3.14. The molecule has 0 saturated carbocycles. The van der Waals surface area contributed by atoms with Gasteiger partial charge in [0.15, 0.2) is 11.5 Å². The van der Waals surface area contributed by atoms with Gasteiger partial charge in [0.25, 0.3) is 0 Å². The molecule has 0 aromatic heterocycles. The second-order valence-corrected chi connectivity index (χ2v) is 13.3. The van der Waals surface area contributed by atoms with Gasteiger partial charge in [0.1, 0.15) is 48.9 Å². The maximum absolute atomic E-state index is 13.4. The third kappa shape index (κ3) is 20.1. The van der Waals surface area contributed by atoms with Crippen LogP contribution >= 0.6 is 0 Å². The van der Waals surface area contributed by atoms with Gasteiger partial charge in [0, 0.05) is 25.6 Å². The predicted octanol–water partition coefficient (Wildman–Crippen LogP) is 6.03. The number of rotatable bonds is 27. The minimum Gasteiger partial charge on any atom is -0.491 e. The van der Waals surface area contributed by atoms with Crippen molar-refractivity contribution in [2.24, 2.45) is 0 Å². The summed E-state index contributed by atoms with van der Waals surface area (Å²) in [5.41, 5.74) is 0.712. The molecule has 0 radical (unpaired) electrons. The molecule has 3 aromatic carbocycles. The van der Waals surface area contributed by atoms with E-state index in [-0.39, 0.29) is 64.2 Å². The Morgan fingerprint density at radius 1 is 0.691 bits per heavy atom. The molecule has 0 fully saturated rings. The number of carbonyl (C=O) groups excluding carboxylic acids is 1. The summed E-state index contributed by atoms with van der Waals surface area (Å²) in [6.07, 6.45) is -1.18. The molecule has 0 spiro atoms. The topological polar surface area (TPSA) is 152 Å². The summed E-state index contributed by atoms with van der Waals surface area (Å²) in [6, 6.07) is 16.7. The second-order valence-electron chi connectivity index (χ2n) is 13.3. The molecule has 0 aliphatic rings. The Bertz CT molecular complexity index is 1540. The predicted molar refractivity (Wildman–Crippen MR) is 197 cm³/mol. The van der Waals surface area contributed by atoms with Crippen LogP contribution in [-0.4, -0.2) is 111 Å². The van der Waals surface area contributed by atoms with Crippen molar-refractivity contribution in [1.82, 2.24) is 4.90 Å². The highest BCUT2D eigenvalue weighted by atomic mass is 19.1. The molecule has 3 rings (SSSR count). The van der Waals surface area contributed by atoms with Gasteiger partial charge in [-0.05, 0) is 74.7 Å². The number of aliphatic hydroxyl groups excluding tert-OH is 1. The Morgan fingerprint density at radius 3 is 1.73 bits per heavy atom. The van der Waals surface area contributed by atoms with Gasteiger partial charge in [0.2, 0.25) is 0 Å². The van der Waals surface area contributed by atoms with Gasteiger partial charge in [-0.1, -0.05) is 24.3 Å². The highest BCUT2D eigenvalue weighted by molar-refractivity contribution is 5.68. The van der Waals surface area contributed by atoms with Crippen molar-refractivity contribution in [3.63, 3.8) is 0 Å². The summed E-state index contributed by atoms with van der Waals surface area (Å²) in [5, 5.41) is 19.5. The van der Waals surface area contributed by atoms with Crippen molar-refractivity contribution in [3.8, 4) is 17.2 Å². The number of amides is 1. The van der Waals surface area contributed by atoms with Crippen LogP contribution in [0.25, 0.3) is 0 Å². The van der Waals surface area contributed by atoms with Gasteiger partial charge in [-0.2, -0.15) is 0 Å². The number of nitrogens with zero attached hydrogens (tertiary/aromatic N) is 1. The van der Waals surface area contributed by atoms with Crippen molar-refractivity contribution in [2.75, 3.05) is 72.6 Å². The van der Waals surface area contributed by atoms with E-state index in [1.165, 1.54) is 29.2 Å². The first-order valence-electron chi connectivity index (χ1n) is 18.1. The van der Waals surface area contributed by atoms with Crippen LogP contribution < -0.4 is 14.2 Å². The first-order valence-corrected chi connectivity index (χ1v) is 18.1. The maximum atomic E-state index is 13.4. The van der Waals surface area contributed by atoms with Crippen LogP contribution in [0.1, 0.15) is 44.7 Å². The Kier molecular flexibility index (Phi) is 20.2. The van der Waals surface area contributed by atoms with Crippen LogP contribution in [0.4, 0.5) is 13.6 Å². The Morgan fingerprint density at radius 2 is 1.20 bits per heavy atom. The van der Waals surface area contributed by atoms with Crippen LogP contribution in [0, 0.1) is 11.6 Å². The summed E-state index contributed by atoms with van der Waals surface area (Å²) < 4.78 is 72.0. The number of carboxylic acid groups (broad SMARTS) is 1. The molecule has 1 amide bonds. The number of carboxylic acids is 1. The molecule has 0 bridgehead atoms. The van der Waals surface area contributed by atoms with Gasteiger partial charge in [0.05, 0.1) is 52.8 Å². The quantitative estimate of drug-likeness (QED) is 0.0870. The highest BCUT2D eigenvalue weighted by Gasteiger charge is 2.24. The molecule has 0 aliphatic heterocycles. The second kappa shape index (κ2) is 24.8. The lowest BCUT2D eigenvalue weighted by atomic mass is 10.2. The van der Waals surface area contributed by atoms with Crippen LogP contribution in [0.15, 0.2) is 66.7 Å². The summed E-state index contributed by atoms with van der Waals surface area (Å²) in [7, 11) is 0. The Labute approximate surface area is 320 Å². The number of halogens is 2. The van der Waals surface area contributed by atoms with E-state index in [9.17, 15) is 23.5 Å². The van der Waals surface area contributed by atoms with Gasteiger partial charge in [-0.3, -0.25) is 4.79 Å². The van der Waals surface area contributed by atoms with E-state index in [1.807, 2.05) is 0 Å². The first kappa shape index (κ1) is 44.9. The monoisotopic (exact) mass is 777 g/mol. The molecule has 0 aliphatic carbocycles. The Hall–Kier alpha value is -4.54. The smallest absolute Gasteiger partial charge is 0.410 e. The zero-order valence-electron chi connectivity index (χ0n) is 31.7. The fourth-order valence-electron chi connectivity index (χ4n) is 4.64. The normalized spacial score (nSPS) is 11.9. The molecule has 2 N–H and O–H groups in total. The standard InChI is InChI=1S/C40H53F2NO12/c1-40(2,3)55-39(47)43(16-18-49-20-22-51-24-23-50-21-19-48-17-4-5-38(45)46)26-34(44)29-52-35-14-15-36(53-27-30-6-10-32(41)11-7-30)37(25-35)54-28-31-8-12-33(42)13-9-31/h6-15,25,34,44H,4-5,16-24,26-29H2,1-3H3,(H,45,46). The average molecular weight is 778 g/mol. The molecule has 0 heterocycles. The Balaban J connectivity index is 1.46. The van der Waals surface area contributed by atoms with Crippen molar-refractivity contribution >= 4 is 12.1 Å². The number of aliphatic hydroxyl groups is 1. The fourth-order valence-corrected chi connectivity index (χ4v) is 4.64. The zero-order valence-corrected chi connectivity index (χ0v) is 31.7. The molecule has 0 saturated heterocycles. The molecular formula is C40H53F2NO12. The van der Waals surface area contributed by atoms with Crippen LogP contribution in [-0.2, 0) is 41.7 Å². The van der Waals surface area contributed by atoms with E-state index >= 15 is 0 Å².